The molecule has 0 unspecified atom stereocenters. The van der Waals surface area contributed by atoms with Gasteiger partial charge in [0.05, 0.1) is 18.6 Å². The van der Waals surface area contributed by atoms with E-state index >= 15 is 4.79 Å². The third-order valence-corrected chi connectivity index (χ3v) is 19.4. The fraction of sp³-hybridized carbons (Fsp3) is 0.461. The van der Waals surface area contributed by atoms with Gasteiger partial charge in [-0.15, -0.1) is 0 Å². The van der Waals surface area contributed by atoms with Crippen molar-refractivity contribution in [2.24, 2.45) is 23.3 Å². The van der Waals surface area contributed by atoms with E-state index in [2.05, 4.69) is 88.4 Å². The van der Waals surface area contributed by atoms with Crippen LogP contribution in [-0.4, -0.2) is 210 Å². The van der Waals surface area contributed by atoms with Crippen molar-refractivity contribution in [1.82, 2.24) is 68.0 Å². The Morgan fingerprint density at radius 3 is 1.45 bits per heavy atom. The Morgan fingerprint density at radius 2 is 0.936 bits per heavy atom. The van der Waals surface area contributed by atoms with Crippen LogP contribution in [0.4, 0.5) is 0 Å². The second-order valence-electron chi connectivity index (χ2n) is 28.0. The molecule has 7 rings (SSSR count). The number of thiol groups is 2. The van der Waals surface area contributed by atoms with Crippen LogP contribution in [0.3, 0.4) is 0 Å². The van der Waals surface area contributed by atoms with E-state index in [4.69, 9.17) is 11.5 Å². The zero-order valence-corrected chi connectivity index (χ0v) is 63.2. The van der Waals surface area contributed by atoms with Gasteiger partial charge in [0.1, 0.15) is 66.5 Å². The Balaban J connectivity index is 1.08. The maximum atomic E-state index is 15.2. The molecule has 1 aliphatic heterocycles. The van der Waals surface area contributed by atoms with Crippen molar-refractivity contribution in [2.45, 2.75) is 184 Å². The SMILES string of the molecule is CC(C)C[C@H](NC(=O)[C@H](CC(=O)O)NC(=O)[C@H](Cc1ccccc1)NC(=O)[C@@H]1CCCN1C(=O)[C@H](Cc1ccccc1)NC(=O)[C@H](CCCCN)NC(=O)[C@@H](NC(=O)[C@H](Cc1c[nH]c2ccccc12)NC(=O)[C@@H](N)CS)[C@@H](C)O)C(=O)N[C@H](C(=O)N[C@@H](Cc1c[nH]c2ccccc12)C(=O)N[C@@H](CS)C(=O)O)C(C)C. The molecule has 0 saturated carbocycles. The van der Waals surface area contributed by atoms with Gasteiger partial charge in [-0.05, 0) is 98.2 Å². The number of unbranched alkanes of at least 4 members (excludes halogenated alkanes) is 1. The molecular formula is C76H101N15O16S2. The maximum Gasteiger partial charge on any atom is 0.327 e. The number of H-pyrrole nitrogens is 2. The van der Waals surface area contributed by atoms with Crippen LogP contribution in [0.2, 0.25) is 0 Å². The van der Waals surface area contributed by atoms with E-state index in [1.165, 1.54) is 11.8 Å². The number of carboxylic acids is 2. The second-order valence-corrected chi connectivity index (χ2v) is 28.7. The first kappa shape index (κ1) is 85.9. The number of nitrogens with zero attached hydrogens (tertiary/aromatic N) is 1. The Morgan fingerprint density at radius 1 is 0.495 bits per heavy atom. The number of benzene rings is 4. The largest absolute Gasteiger partial charge is 0.481 e. The molecule has 0 aliphatic carbocycles. The number of rotatable bonds is 42. The molecule has 31 nitrogen and oxygen atoms in total. The van der Waals surface area contributed by atoms with Crippen molar-refractivity contribution in [3.05, 3.63) is 144 Å². The van der Waals surface area contributed by atoms with Crippen molar-refractivity contribution in [3.8, 4) is 0 Å². The van der Waals surface area contributed by atoms with Crippen molar-refractivity contribution in [1.29, 1.82) is 0 Å². The third-order valence-electron chi connectivity index (χ3n) is 18.7. The molecule has 13 atom stereocenters. The number of aromatic nitrogens is 2. The maximum absolute atomic E-state index is 15.2. The van der Waals surface area contributed by atoms with E-state index < -0.39 is 168 Å². The molecule has 11 amide bonds. The third kappa shape index (κ3) is 25.1. The van der Waals surface area contributed by atoms with E-state index in [0.717, 1.165) is 21.8 Å². The lowest BCUT2D eigenvalue weighted by Crippen LogP contribution is -2.62. The zero-order valence-electron chi connectivity index (χ0n) is 61.5. The van der Waals surface area contributed by atoms with Crippen LogP contribution in [0.15, 0.2) is 122 Å². The van der Waals surface area contributed by atoms with E-state index in [9.17, 15) is 72.9 Å². The number of amides is 11. The fourth-order valence-electron chi connectivity index (χ4n) is 12.8. The van der Waals surface area contributed by atoms with Crippen LogP contribution in [0, 0.1) is 11.8 Å². The number of hydrogen-bond donors (Lipinski definition) is 19. The molecule has 0 spiro atoms. The molecule has 19 N–H and O–H groups in total. The minimum Gasteiger partial charge on any atom is -0.481 e. The first-order chi connectivity index (χ1) is 52.0. The zero-order chi connectivity index (χ0) is 79.6. The standard InChI is InChI=1S/C76H101N15O16S2/c1-41(2)31-54(70(100)89-63(42(3)4)73(103)86-56(68(98)88-60(40-109)76(106)107)34-46-37-79-51-25-14-12-23-48(46)51)83-69(99)58(36-62(93)94)84-67(97)55(32-44-19-8-6-9-20-44)85-72(102)61-28-18-30-91(61)75(105)59(33-45-21-10-7-11-22-45)87-66(96)53(27-16-17-29-77)81-74(104)64(43(5)92)90-71(101)57(82-65(95)50(78)39-108)35-47-38-80-52-26-15-13-24-49(47)52/h6-15,19-26,37-38,41-43,50,53-61,63-64,79-80,92,108-109H,16-18,27-36,39-40,77-78H2,1-5H3,(H,81,104)(H,82,95)(H,83,99)(H,84,97)(H,85,102)(H,86,103)(H,87,96)(H,88,98)(H,89,100)(H,90,101)(H,93,94)(H,106,107)/t43-,50+,53+,54+,55+,56+,57+,58+,59+,60+,61+,63+,64+/m1/s1. The first-order valence-corrected chi connectivity index (χ1v) is 37.6. The summed E-state index contributed by atoms with van der Waals surface area (Å²) in [5.41, 5.74) is 15.7. The van der Waals surface area contributed by atoms with E-state index in [-0.39, 0.29) is 88.3 Å². The van der Waals surface area contributed by atoms with Crippen LogP contribution in [-0.2, 0) is 88.0 Å². The number of likely N-dealkylation sites (tertiary alicyclic amines) is 1. The number of aliphatic carboxylic acids is 2. The van der Waals surface area contributed by atoms with Gasteiger partial charge in [-0.3, -0.25) is 57.5 Å². The van der Waals surface area contributed by atoms with Crippen molar-refractivity contribution in [2.75, 3.05) is 24.6 Å². The number of para-hydroxylation sites is 2. The molecule has 6 aromatic rings. The molecule has 0 bridgehead atoms. The minimum atomic E-state index is -1.90. The van der Waals surface area contributed by atoms with Gasteiger partial charge in [0, 0.05) is 77.9 Å². The average molecular weight is 1540 g/mol. The summed E-state index contributed by atoms with van der Waals surface area (Å²) in [5.74, 6) is -14.0. The van der Waals surface area contributed by atoms with Gasteiger partial charge in [-0.1, -0.05) is 125 Å². The molecular weight excluding hydrogens is 1440 g/mol. The van der Waals surface area contributed by atoms with Gasteiger partial charge in [-0.2, -0.15) is 25.3 Å². The number of aromatic amines is 2. The fourth-order valence-corrected chi connectivity index (χ4v) is 13.2. The summed E-state index contributed by atoms with van der Waals surface area (Å²) in [6.07, 6.45) is 1.07. The highest BCUT2D eigenvalue weighted by Gasteiger charge is 2.42. The Hall–Kier alpha value is -10.4. The quantitative estimate of drug-likeness (QED) is 0.0185. The molecule has 588 valence electrons. The summed E-state index contributed by atoms with van der Waals surface area (Å²) in [7, 11) is 0. The van der Waals surface area contributed by atoms with Crippen molar-refractivity contribution in [3.63, 3.8) is 0 Å². The van der Waals surface area contributed by atoms with E-state index in [1.54, 1.807) is 131 Å². The highest BCUT2D eigenvalue weighted by atomic mass is 32.1. The highest BCUT2D eigenvalue weighted by Crippen LogP contribution is 2.24. The van der Waals surface area contributed by atoms with E-state index in [0.29, 0.717) is 28.7 Å². The summed E-state index contributed by atoms with van der Waals surface area (Å²) in [5, 5.41) is 58.8. The number of nitrogens with one attached hydrogen (secondary N) is 12. The summed E-state index contributed by atoms with van der Waals surface area (Å²) >= 11 is 8.20. The van der Waals surface area contributed by atoms with Gasteiger partial charge >= 0.3 is 11.9 Å². The summed E-state index contributed by atoms with van der Waals surface area (Å²) in [6, 6.07) is 14.1. The van der Waals surface area contributed by atoms with Crippen LogP contribution in [0.1, 0.15) is 102 Å². The minimum absolute atomic E-state index is 0.00780. The average Bonchev–Trinajstić information content (AvgIpc) is 1.81. The molecule has 4 aromatic carbocycles. The number of carboxylic acid groups (broad SMARTS) is 2. The number of carbonyl (C=O) groups excluding carboxylic acids is 11. The predicted molar refractivity (Wildman–Crippen MR) is 413 cm³/mol. The number of nitrogens with two attached hydrogens (primary N) is 2. The normalized spacial score (nSPS) is 16.1. The lowest BCUT2D eigenvalue weighted by Gasteiger charge is -2.31. The summed E-state index contributed by atoms with van der Waals surface area (Å²) in [6.45, 7) is 8.14. The molecule has 1 saturated heterocycles. The van der Waals surface area contributed by atoms with Crippen molar-refractivity contribution < 1.29 is 77.6 Å². The second kappa shape index (κ2) is 41.8. The topological polar surface area (TPSA) is 490 Å². The molecule has 1 fully saturated rings. The van der Waals surface area contributed by atoms with Crippen LogP contribution >= 0.6 is 25.3 Å². The summed E-state index contributed by atoms with van der Waals surface area (Å²) < 4.78 is 0. The van der Waals surface area contributed by atoms with Crippen LogP contribution in [0.5, 0.6) is 0 Å². The Kier molecular flexibility index (Phi) is 33.0. The van der Waals surface area contributed by atoms with Crippen LogP contribution in [0.25, 0.3) is 21.8 Å². The Labute approximate surface area is 642 Å². The Bertz CT molecular complexity index is 4140. The van der Waals surface area contributed by atoms with Gasteiger partial charge in [0.15, 0.2) is 0 Å². The smallest absolute Gasteiger partial charge is 0.327 e. The number of aliphatic hydroxyl groups is 1. The molecule has 2 aromatic heterocycles. The molecule has 1 aliphatic rings. The van der Waals surface area contributed by atoms with Gasteiger partial charge in [-0.25, -0.2) is 4.79 Å². The number of hydrogen-bond acceptors (Lipinski definition) is 18. The molecule has 109 heavy (non-hydrogen) atoms. The molecule has 0 radical (unpaired) electrons. The number of fused-ring (bicyclic) bond motifs is 2. The monoisotopic (exact) mass is 1540 g/mol. The summed E-state index contributed by atoms with van der Waals surface area (Å²) in [4.78, 5) is 191. The number of carbonyl (C=O) groups is 13. The van der Waals surface area contributed by atoms with Gasteiger partial charge < -0.3 is 94.8 Å². The highest BCUT2D eigenvalue weighted by molar-refractivity contribution is 7.80. The van der Waals surface area contributed by atoms with Crippen molar-refractivity contribution >= 4 is 124 Å². The lowest BCUT2D eigenvalue weighted by molar-refractivity contribution is -0.143. The predicted octanol–water partition coefficient (Wildman–Crippen LogP) is 0.717. The molecule has 3 heterocycles. The van der Waals surface area contributed by atoms with Gasteiger partial charge in [0.25, 0.3) is 0 Å². The van der Waals surface area contributed by atoms with Gasteiger partial charge in [0.2, 0.25) is 65.0 Å². The lowest BCUT2D eigenvalue weighted by atomic mass is 9.98. The van der Waals surface area contributed by atoms with E-state index in [1.807, 2.05) is 18.2 Å². The first-order valence-electron chi connectivity index (χ1n) is 36.3. The van der Waals surface area contributed by atoms with Crippen LogP contribution < -0.4 is 64.6 Å². The molecule has 33 heteroatoms. The number of aliphatic hydroxyl groups excluding tert-OH is 1.